The van der Waals surface area contributed by atoms with E-state index in [0.717, 1.165) is 6.54 Å². The molecule has 5 nitrogen and oxygen atoms in total. The summed E-state index contributed by atoms with van der Waals surface area (Å²) in [4.78, 5) is 26.3. The lowest BCUT2D eigenvalue weighted by atomic mass is 9.65. The second-order valence-electron chi connectivity index (χ2n) is 8.57. The van der Waals surface area contributed by atoms with Gasteiger partial charge in [-0.05, 0) is 44.7 Å². The van der Waals surface area contributed by atoms with Crippen LogP contribution in [0.25, 0.3) is 0 Å². The van der Waals surface area contributed by atoms with Crippen LogP contribution in [-0.2, 0) is 9.59 Å². The van der Waals surface area contributed by atoms with E-state index in [2.05, 4.69) is 24.1 Å². The van der Waals surface area contributed by atoms with E-state index in [1.807, 2.05) is 27.9 Å². The van der Waals surface area contributed by atoms with Crippen molar-refractivity contribution in [2.75, 3.05) is 27.2 Å². The van der Waals surface area contributed by atoms with Crippen molar-refractivity contribution in [2.24, 2.45) is 22.2 Å². The molecule has 1 aliphatic carbocycles. The first-order chi connectivity index (χ1) is 9.83. The Morgan fingerprint density at radius 2 is 1.82 bits per heavy atom. The first-order valence-corrected chi connectivity index (χ1v) is 7.99. The zero-order valence-corrected chi connectivity index (χ0v) is 15.1. The minimum Gasteiger partial charge on any atom is -0.481 e. The fourth-order valence-corrected chi connectivity index (χ4v) is 3.70. The van der Waals surface area contributed by atoms with E-state index in [9.17, 15) is 14.7 Å². The number of aliphatic carboxylic acids is 1. The van der Waals surface area contributed by atoms with Gasteiger partial charge in [0.25, 0.3) is 0 Å². The Labute approximate surface area is 134 Å². The van der Waals surface area contributed by atoms with Crippen LogP contribution in [0.5, 0.6) is 0 Å². The molecular formula is C17H32N2O3. The van der Waals surface area contributed by atoms with E-state index in [4.69, 9.17) is 0 Å². The van der Waals surface area contributed by atoms with Gasteiger partial charge >= 0.3 is 5.97 Å². The van der Waals surface area contributed by atoms with E-state index >= 15 is 0 Å². The summed E-state index contributed by atoms with van der Waals surface area (Å²) in [5.41, 5.74) is -1.40. The van der Waals surface area contributed by atoms with Gasteiger partial charge in [0.15, 0.2) is 0 Å². The predicted octanol–water partition coefficient (Wildman–Crippen LogP) is 2.22. The molecule has 0 spiro atoms. The van der Waals surface area contributed by atoms with Crippen molar-refractivity contribution in [1.29, 1.82) is 0 Å². The maximum atomic E-state index is 12.6. The number of nitrogens with zero attached hydrogens (tertiary/aromatic N) is 1. The van der Waals surface area contributed by atoms with Crippen LogP contribution in [0.3, 0.4) is 0 Å². The molecular weight excluding hydrogens is 280 g/mol. The molecule has 2 atom stereocenters. The van der Waals surface area contributed by atoms with Crippen LogP contribution in [0.1, 0.15) is 47.5 Å². The molecule has 1 saturated carbocycles. The molecule has 128 valence electrons. The Balaban J connectivity index is 2.74. The lowest BCUT2D eigenvalue weighted by Crippen LogP contribution is -2.47. The summed E-state index contributed by atoms with van der Waals surface area (Å²) in [6.45, 7) is 11.3. The Kier molecular flexibility index (Phi) is 5.33. The normalized spacial score (nSPS) is 27.9. The average Bonchev–Trinajstić information content (AvgIpc) is 2.57. The van der Waals surface area contributed by atoms with Crippen LogP contribution in [0.4, 0.5) is 0 Å². The second-order valence-corrected chi connectivity index (χ2v) is 8.57. The van der Waals surface area contributed by atoms with Gasteiger partial charge in [0, 0.05) is 19.0 Å². The Morgan fingerprint density at radius 3 is 2.23 bits per heavy atom. The van der Waals surface area contributed by atoms with Crippen molar-refractivity contribution in [3.05, 3.63) is 0 Å². The van der Waals surface area contributed by atoms with Gasteiger partial charge in [-0.25, -0.2) is 0 Å². The molecule has 0 aromatic rings. The number of carbonyl (C=O) groups excluding carboxylic acids is 1. The first-order valence-electron chi connectivity index (χ1n) is 7.99. The van der Waals surface area contributed by atoms with Gasteiger partial charge in [0.2, 0.25) is 5.91 Å². The maximum absolute atomic E-state index is 12.6. The number of carboxylic acid groups (broad SMARTS) is 1. The van der Waals surface area contributed by atoms with Crippen LogP contribution >= 0.6 is 0 Å². The highest BCUT2D eigenvalue weighted by Crippen LogP contribution is 2.56. The molecule has 0 heterocycles. The van der Waals surface area contributed by atoms with E-state index in [1.165, 1.54) is 0 Å². The highest BCUT2D eigenvalue weighted by atomic mass is 16.4. The van der Waals surface area contributed by atoms with Gasteiger partial charge < -0.3 is 15.3 Å². The second kappa shape index (κ2) is 6.19. The van der Waals surface area contributed by atoms with E-state index in [-0.39, 0.29) is 17.2 Å². The summed E-state index contributed by atoms with van der Waals surface area (Å²) in [6.07, 6.45) is 1.18. The molecule has 1 fully saturated rings. The van der Waals surface area contributed by atoms with Gasteiger partial charge in [-0.2, -0.15) is 0 Å². The number of nitrogens with one attached hydrogen (secondary N) is 1. The van der Waals surface area contributed by atoms with Gasteiger partial charge in [-0.1, -0.05) is 27.7 Å². The van der Waals surface area contributed by atoms with Crippen molar-refractivity contribution in [3.8, 4) is 0 Å². The van der Waals surface area contributed by atoms with Crippen molar-refractivity contribution in [3.63, 3.8) is 0 Å². The lowest BCUT2D eigenvalue weighted by Gasteiger charge is -2.38. The van der Waals surface area contributed by atoms with E-state index in [1.54, 1.807) is 6.92 Å². The molecule has 22 heavy (non-hydrogen) atoms. The molecule has 1 aliphatic rings. The summed E-state index contributed by atoms with van der Waals surface area (Å²) in [5, 5.41) is 12.6. The molecule has 0 unspecified atom stereocenters. The topological polar surface area (TPSA) is 69.6 Å². The Hall–Kier alpha value is -1.10. The van der Waals surface area contributed by atoms with Crippen molar-refractivity contribution >= 4 is 11.9 Å². The largest absolute Gasteiger partial charge is 0.481 e. The molecule has 2 N–H and O–H groups in total. The number of amides is 1. The first kappa shape index (κ1) is 18.9. The molecule has 1 rings (SSSR count). The molecule has 0 aromatic carbocycles. The van der Waals surface area contributed by atoms with E-state index < -0.39 is 16.8 Å². The minimum atomic E-state index is -0.839. The van der Waals surface area contributed by atoms with Gasteiger partial charge in [0.05, 0.1) is 5.41 Å². The molecule has 1 amide bonds. The average molecular weight is 312 g/mol. The Bertz CT molecular complexity index is 443. The summed E-state index contributed by atoms with van der Waals surface area (Å²) >= 11 is 0. The zero-order valence-electron chi connectivity index (χ0n) is 15.1. The van der Waals surface area contributed by atoms with Gasteiger partial charge in [0.1, 0.15) is 0 Å². The van der Waals surface area contributed by atoms with Crippen LogP contribution in [0, 0.1) is 22.2 Å². The highest BCUT2D eigenvalue weighted by molar-refractivity contribution is 5.83. The number of hydrogen-bond acceptors (Lipinski definition) is 3. The SMILES string of the molecule is CN(C)CC(C)(C)CNC(=O)[C@H]1CC[C@@](C)(C(=O)O)C1(C)C. The third-order valence-corrected chi connectivity index (χ3v) is 5.50. The number of hydrogen-bond donors (Lipinski definition) is 2. The third kappa shape index (κ3) is 3.62. The van der Waals surface area contributed by atoms with Crippen molar-refractivity contribution in [2.45, 2.75) is 47.5 Å². The standard InChI is InChI=1S/C17H32N2O3/c1-15(2,11-19(6)7)10-18-13(20)12-8-9-17(5,14(21)22)16(12,3)4/h12H,8-11H2,1-7H3,(H,18,20)(H,21,22)/t12-,17+/m1/s1. The summed E-state index contributed by atoms with van der Waals surface area (Å²) in [5.74, 6) is -1.06. The quantitative estimate of drug-likeness (QED) is 0.789. The number of carboxylic acids is 1. The zero-order chi connectivity index (χ0) is 17.3. The monoisotopic (exact) mass is 312 g/mol. The highest BCUT2D eigenvalue weighted by Gasteiger charge is 2.58. The number of carbonyl (C=O) groups is 2. The molecule has 0 radical (unpaired) electrons. The molecule has 0 aliphatic heterocycles. The molecule has 0 aromatic heterocycles. The fourth-order valence-electron chi connectivity index (χ4n) is 3.70. The van der Waals surface area contributed by atoms with Gasteiger partial charge in [-0.15, -0.1) is 0 Å². The van der Waals surface area contributed by atoms with Crippen molar-refractivity contribution in [1.82, 2.24) is 10.2 Å². The van der Waals surface area contributed by atoms with Crippen LogP contribution in [0.2, 0.25) is 0 Å². The molecule has 0 saturated heterocycles. The van der Waals surface area contributed by atoms with Crippen LogP contribution in [-0.4, -0.2) is 49.1 Å². The van der Waals surface area contributed by atoms with E-state index in [0.29, 0.717) is 19.4 Å². The smallest absolute Gasteiger partial charge is 0.309 e. The fraction of sp³-hybridized carbons (Fsp3) is 0.882. The summed E-state index contributed by atoms with van der Waals surface area (Å²) in [6, 6.07) is 0. The minimum absolute atomic E-state index is 0.0122. The molecule has 0 bridgehead atoms. The van der Waals surface area contributed by atoms with Crippen LogP contribution in [0.15, 0.2) is 0 Å². The lowest BCUT2D eigenvalue weighted by molar-refractivity contribution is -0.155. The predicted molar refractivity (Wildman–Crippen MR) is 87.6 cm³/mol. The molecule has 5 heteroatoms. The summed E-state index contributed by atoms with van der Waals surface area (Å²) < 4.78 is 0. The van der Waals surface area contributed by atoms with Crippen LogP contribution < -0.4 is 5.32 Å². The number of rotatable bonds is 6. The maximum Gasteiger partial charge on any atom is 0.309 e. The van der Waals surface area contributed by atoms with Crippen molar-refractivity contribution < 1.29 is 14.7 Å². The third-order valence-electron chi connectivity index (χ3n) is 5.50. The summed E-state index contributed by atoms with van der Waals surface area (Å²) in [7, 11) is 4.03. The van der Waals surface area contributed by atoms with Gasteiger partial charge in [-0.3, -0.25) is 9.59 Å². The Morgan fingerprint density at radius 1 is 1.27 bits per heavy atom.